The minimum Gasteiger partial charge on any atom is -0.383 e. The molecule has 0 bridgehead atoms. The number of likely N-dealkylation sites (tertiary alicyclic amines) is 2. The zero-order chi connectivity index (χ0) is 16.4. The van der Waals surface area contributed by atoms with Crippen LogP contribution in [0.3, 0.4) is 0 Å². The molecule has 1 unspecified atom stereocenters. The second-order valence-corrected chi connectivity index (χ2v) is 8.31. The van der Waals surface area contributed by atoms with Crippen molar-refractivity contribution in [1.29, 1.82) is 0 Å². The average molecular weight is 329 g/mol. The Bertz CT molecular complexity index is 520. The fraction of sp³-hybridized carbons (Fsp3) is 0.714. The fourth-order valence-corrected chi connectivity index (χ4v) is 4.93. The molecule has 2 saturated heterocycles. The van der Waals surface area contributed by atoms with Gasteiger partial charge in [0.05, 0.1) is 6.61 Å². The summed E-state index contributed by atoms with van der Waals surface area (Å²) in [6.45, 7) is 7.10. The number of piperidine rings is 2. The van der Waals surface area contributed by atoms with Gasteiger partial charge in [-0.25, -0.2) is 0 Å². The molecule has 3 nitrogen and oxygen atoms in total. The lowest BCUT2D eigenvalue weighted by Gasteiger charge is -2.50. The molecule has 1 spiro atoms. The molecule has 0 radical (unpaired) electrons. The molecule has 3 aliphatic rings. The monoisotopic (exact) mass is 328 g/mol. The molecule has 1 aliphatic carbocycles. The minimum atomic E-state index is 0.547. The van der Waals surface area contributed by atoms with Gasteiger partial charge < -0.3 is 9.64 Å². The van der Waals surface area contributed by atoms with Gasteiger partial charge in [0.2, 0.25) is 0 Å². The zero-order valence-electron chi connectivity index (χ0n) is 15.1. The van der Waals surface area contributed by atoms with Crippen LogP contribution in [0.2, 0.25) is 0 Å². The Morgan fingerprint density at radius 2 is 1.88 bits per heavy atom. The van der Waals surface area contributed by atoms with Crippen molar-refractivity contribution in [1.82, 2.24) is 9.80 Å². The average Bonchev–Trinajstić information content (AvgIpc) is 3.47. The first-order valence-electron chi connectivity index (χ1n) is 9.78. The van der Waals surface area contributed by atoms with Crippen LogP contribution < -0.4 is 0 Å². The molecule has 24 heavy (non-hydrogen) atoms. The third kappa shape index (κ3) is 3.68. The van der Waals surface area contributed by atoms with Gasteiger partial charge in [-0.2, -0.15) is 0 Å². The first kappa shape index (κ1) is 16.6. The number of hydrogen-bond donors (Lipinski definition) is 0. The summed E-state index contributed by atoms with van der Waals surface area (Å²) >= 11 is 0. The van der Waals surface area contributed by atoms with E-state index in [0.29, 0.717) is 5.41 Å². The first-order chi connectivity index (χ1) is 11.8. The van der Waals surface area contributed by atoms with E-state index in [-0.39, 0.29) is 0 Å². The van der Waals surface area contributed by atoms with E-state index in [0.717, 1.165) is 25.1 Å². The number of hydrogen-bond acceptors (Lipinski definition) is 3. The molecule has 1 saturated carbocycles. The number of ether oxygens (including phenoxy) is 1. The molecule has 2 aliphatic heterocycles. The SMILES string of the molecule is COCCN1CCC2(CC1)CC(c1ccccc1)CN(C1CC1)C2. The van der Waals surface area contributed by atoms with Gasteiger partial charge in [-0.05, 0) is 62.1 Å². The van der Waals surface area contributed by atoms with Crippen LogP contribution in [0, 0.1) is 5.41 Å². The minimum absolute atomic E-state index is 0.547. The summed E-state index contributed by atoms with van der Waals surface area (Å²) < 4.78 is 5.26. The lowest BCUT2D eigenvalue weighted by Crippen LogP contribution is -2.52. The number of rotatable bonds is 5. The lowest BCUT2D eigenvalue weighted by molar-refractivity contribution is 0.00501. The first-order valence-corrected chi connectivity index (χ1v) is 9.78. The largest absolute Gasteiger partial charge is 0.383 e. The van der Waals surface area contributed by atoms with E-state index in [1.54, 1.807) is 5.56 Å². The van der Waals surface area contributed by atoms with Crippen LogP contribution in [0.5, 0.6) is 0 Å². The van der Waals surface area contributed by atoms with Crippen molar-refractivity contribution in [3.8, 4) is 0 Å². The maximum absolute atomic E-state index is 5.26. The standard InChI is InChI=1S/C21H32N2O/c1-24-14-13-22-11-9-21(10-12-22)15-19(18-5-3-2-4-6-18)16-23(17-21)20-7-8-20/h2-6,19-20H,7-17H2,1H3. The Balaban J connectivity index is 1.46. The van der Waals surface area contributed by atoms with E-state index in [4.69, 9.17) is 4.74 Å². The number of nitrogens with zero attached hydrogens (tertiary/aromatic N) is 2. The summed E-state index contributed by atoms with van der Waals surface area (Å²) in [6.07, 6.45) is 6.97. The molecule has 3 heteroatoms. The van der Waals surface area contributed by atoms with Gasteiger partial charge in [-0.1, -0.05) is 30.3 Å². The van der Waals surface area contributed by atoms with Crippen LogP contribution in [-0.2, 0) is 4.74 Å². The summed E-state index contributed by atoms with van der Waals surface area (Å²) in [5, 5.41) is 0. The maximum atomic E-state index is 5.26. The Labute approximate surface area is 147 Å². The van der Waals surface area contributed by atoms with Crippen molar-refractivity contribution in [2.75, 3.05) is 46.4 Å². The maximum Gasteiger partial charge on any atom is 0.0589 e. The van der Waals surface area contributed by atoms with Crippen LogP contribution in [0.4, 0.5) is 0 Å². The van der Waals surface area contributed by atoms with Gasteiger partial charge in [0.15, 0.2) is 0 Å². The fourth-order valence-electron chi connectivity index (χ4n) is 4.93. The predicted molar refractivity (Wildman–Crippen MR) is 98.4 cm³/mol. The Kier molecular flexibility index (Phi) is 4.93. The highest BCUT2D eigenvalue weighted by Crippen LogP contribution is 2.47. The Hall–Kier alpha value is -0.900. The normalized spacial score (nSPS) is 28.3. The molecule has 132 valence electrons. The van der Waals surface area contributed by atoms with Crippen LogP contribution in [0.1, 0.15) is 43.6 Å². The van der Waals surface area contributed by atoms with E-state index in [1.807, 2.05) is 7.11 Å². The Morgan fingerprint density at radius 1 is 1.12 bits per heavy atom. The third-order valence-electron chi connectivity index (χ3n) is 6.54. The van der Waals surface area contributed by atoms with Gasteiger partial charge in [0, 0.05) is 32.8 Å². The van der Waals surface area contributed by atoms with Gasteiger partial charge >= 0.3 is 0 Å². The molecule has 2 heterocycles. The molecule has 4 rings (SSSR count). The second-order valence-electron chi connectivity index (χ2n) is 8.31. The quantitative estimate of drug-likeness (QED) is 0.824. The summed E-state index contributed by atoms with van der Waals surface area (Å²) in [5.74, 6) is 0.728. The predicted octanol–water partition coefficient (Wildman–Crippen LogP) is 3.37. The van der Waals surface area contributed by atoms with Crippen molar-refractivity contribution < 1.29 is 4.74 Å². The third-order valence-corrected chi connectivity index (χ3v) is 6.54. The smallest absolute Gasteiger partial charge is 0.0589 e. The van der Waals surface area contributed by atoms with E-state index >= 15 is 0 Å². The molecule has 1 atom stereocenters. The summed E-state index contributed by atoms with van der Waals surface area (Å²) in [7, 11) is 1.81. The van der Waals surface area contributed by atoms with E-state index in [9.17, 15) is 0 Å². The van der Waals surface area contributed by atoms with Crippen LogP contribution >= 0.6 is 0 Å². The van der Waals surface area contributed by atoms with Gasteiger partial charge in [0.25, 0.3) is 0 Å². The van der Waals surface area contributed by atoms with Gasteiger partial charge in [-0.3, -0.25) is 4.90 Å². The van der Waals surface area contributed by atoms with E-state index in [1.165, 1.54) is 58.3 Å². The van der Waals surface area contributed by atoms with Crippen LogP contribution in [0.25, 0.3) is 0 Å². The zero-order valence-corrected chi connectivity index (χ0v) is 15.1. The molecular weight excluding hydrogens is 296 g/mol. The molecule has 3 fully saturated rings. The topological polar surface area (TPSA) is 15.7 Å². The molecular formula is C21H32N2O. The number of benzene rings is 1. The van der Waals surface area contributed by atoms with Crippen LogP contribution in [-0.4, -0.2) is 62.3 Å². The molecule has 0 N–H and O–H groups in total. The van der Waals surface area contributed by atoms with Gasteiger partial charge in [0.1, 0.15) is 0 Å². The van der Waals surface area contributed by atoms with Crippen LogP contribution in [0.15, 0.2) is 30.3 Å². The van der Waals surface area contributed by atoms with Crippen molar-refractivity contribution in [2.45, 2.75) is 44.1 Å². The molecule has 1 aromatic rings. The molecule has 1 aromatic carbocycles. The highest BCUT2D eigenvalue weighted by atomic mass is 16.5. The van der Waals surface area contributed by atoms with Crippen molar-refractivity contribution >= 4 is 0 Å². The summed E-state index contributed by atoms with van der Waals surface area (Å²) in [5.41, 5.74) is 2.11. The van der Waals surface area contributed by atoms with E-state index in [2.05, 4.69) is 40.1 Å². The molecule has 0 aromatic heterocycles. The van der Waals surface area contributed by atoms with Crippen molar-refractivity contribution in [3.63, 3.8) is 0 Å². The summed E-state index contributed by atoms with van der Waals surface area (Å²) in [4.78, 5) is 5.44. The van der Waals surface area contributed by atoms with Gasteiger partial charge in [-0.15, -0.1) is 0 Å². The van der Waals surface area contributed by atoms with E-state index < -0.39 is 0 Å². The highest BCUT2D eigenvalue weighted by Gasteiger charge is 2.45. The van der Waals surface area contributed by atoms with Crippen molar-refractivity contribution in [2.24, 2.45) is 5.41 Å². The lowest BCUT2D eigenvalue weighted by atomic mass is 9.68. The molecule has 0 amide bonds. The number of methoxy groups -OCH3 is 1. The Morgan fingerprint density at radius 3 is 2.54 bits per heavy atom. The highest BCUT2D eigenvalue weighted by molar-refractivity contribution is 5.22. The van der Waals surface area contributed by atoms with Crippen molar-refractivity contribution in [3.05, 3.63) is 35.9 Å². The summed E-state index contributed by atoms with van der Waals surface area (Å²) in [6, 6.07) is 12.2. The second kappa shape index (κ2) is 7.15.